The zero-order valence-electron chi connectivity index (χ0n) is 13.2. The van der Waals surface area contributed by atoms with Crippen molar-refractivity contribution in [3.8, 4) is 0 Å². The summed E-state index contributed by atoms with van der Waals surface area (Å²) in [6.45, 7) is 5.19. The van der Waals surface area contributed by atoms with Gasteiger partial charge in [0.2, 0.25) is 11.9 Å². The molecular weight excluding hydrogens is 308 g/mol. The molecule has 1 saturated heterocycles. The van der Waals surface area contributed by atoms with Gasteiger partial charge in [0.25, 0.3) is 0 Å². The number of rotatable bonds is 2. The predicted octanol–water partition coefficient (Wildman–Crippen LogP) is 2.26. The second-order valence-corrected chi connectivity index (χ2v) is 7.37. The van der Waals surface area contributed by atoms with Gasteiger partial charge in [-0.3, -0.25) is 4.79 Å². The molecule has 5 nitrogen and oxygen atoms in total. The molecule has 0 N–H and O–H groups in total. The van der Waals surface area contributed by atoms with Gasteiger partial charge in [-0.2, -0.15) is 0 Å². The Kier molecular flexibility index (Phi) is 3.77. The molecule has 4 heterocycles. The second-order valence-electron chi connectivity index (χ2n) is 6.37. The van der Waals surface area contributed by atoms with Crippen LogP contribution in [-0.4, -0.2) is 40.4 Å². The van der Waals surface area contributed by atoms with Crippen molar-refractivity contribution in [3.63, 3.8) is 0 Å². The van der Waals surface area contributed by atoms with Crippen LogP contribution in [0.1, 0.15) is 22.4 Å². The number of aryl methyl sites for hydroxylation is 1. The molecule has 23 heavy (non-hydrogen) atoms. The Morgan fingerprint density at radius 3 is 2.96 bits per heavy atom. The highest BCUT2D eigenvalue weighted by atomic mass is 32.1. The van der Waals surface area contributed by atoms with Gasteiger partial charge in [0, 0.05) is 43.4 Å². The highest BCUT2D eigenvalue weighted by Gasteiger charge is 2.33. The summed E-state index contributed by atoms with van der Waals surface area (Å²) < 4.78 is 0. The van der Waals surface area contributed by atoms with Gasteiger partial charge in [-0.05, 0) is 42.3 Å². The Morgan fingerprint density at radius 1 is 1.30 bits per heavy atom. The Labute approximate surface area is 140 Å². The quantitative estimate of drug-likeness (QED) is 0.848. The zero-order valence-corrected chi connectivity index (χ0v) is 14.1. The number of anilines is 1. The minimum Gasteiger partial charge on any atom is -0.340 e. The summed E-state index contributed by atoms with van der Waals surface area (Å²) in [5.41, 5.74) is 2.38. The standard InChI is InChI=1S/C17H20N4OS/c1-12-8-18-17(19-9-12)21-5-2-14(11-21)16(22)20-6-3-15-13(10-20)4-7-23-15/h4,7-9,14H,2-3,5-6,10-11H2,1H3. The second kappa shape index (κ2) is 5.92. The number of carbonyl (C=O) groups is 1. The van der Waals surface area contributed by atoms with E-state index in [2.05, 4.69) is 26.3 Å². The molecule has 1 atom stereocenters. The number of hydrogen-bond acceptors (Lipinski definition) is 5. The third-order valence-corrected chi connectivity index (χ3v) is 5.73. The number of nitrogens with zero attached hydrogens (tertiary/aromatic N) is 4. The molecule has 0 aliphatic carbocycles. The minimum atomic E-state index is 0.0695. The fourth-order valence-corrected chi connectivity index (χ4v) is 4.28. The van der Waals surface area contributed by atoms with Gasteiger partial charge < -0.3 is 9.80 Å². The Balaban J connectivity index is 1.41. The number of aromatic nitrogens is 2. The Hall–Kier alpha value is -1.95. The lowest BCUT2D eigenvalue weighted by molar-refractivity contribution is -0.135. The fourth-order valence-electron chi connectivity index (χ4n) is 3.39. The minimum absolute atomic E-state index is 0.0695. The molecule has 6 heteroatoms. The summed E-state index contributed by atoms with van der Waals surface area (Å²) in [5, 5.41) is 2.13. The van der Waals surface area contributed by atoms with Gasteiger partial charge in [0.1, 0.15) is 0 Å². The molecule has 2 aliphatic heterocycles. The average molecular weight is 328 g/mol. The maximum absolute atomic E-state index is 12.8. The SMILES string of the molecule is Cc1cnc(N2CCC(C(=O)N3CCc4sccc4C3)C2)nc1. The van der Waals surface area contributed by atoms with Crippen molar-refractivity contribution >= 4 is 23.2 Å². The van der Waals surface area contributed by atoms with E-state index in [4.69, 9.17) is 0 Å². The molecule has 120 valence electrons. The van der Waals surface area contributed by atoms with E-state index in [1.807, 2.05) is 35.6 Å². The number of hydrogen-bond donors (Lipinski definition) is 0. The van der Waals surface area contributed by atoms with E-state index in [0.717, 1.165) is 50.5 Å². The van der Waals surface area contributed by atoms with Crippen LogP contribution in [0, 0.1) is 12.8 Å². The van der Waals surface area contributed by atoms with Crippen LogP contribution in [0.5, 0.6) is 0 Å². The molecule has 2 aliphatic rings. The first kappa shape index (κ1) is 14.6. The van der Waals surface area contributed by atoms with Crippen molar-refractivity contribution in [2.75, 3.05) is 24.5 Å². The molecule has 4 rings (SSSR count). The van der Waals surface area contributed by atoms with Gasteiger partial charge in [-0.15, -0.1) is 11.3 Å². The van der Waals surface area contributed by atoms with Crippen LogP contribution in [0.25, 0.3) is 0 Å². The van der Waals surface area contributed by atoms with Gasteiger partial charge in [0.05, 0.1) is 5.92 Å². The molecule has 1 unspecified atom stereocenters. The normalized spacial score (nSPS) is 20.7. The number of thiophene rings is 1. The van der Waals surface area contributed by atoms with Crippen LogP contribution in [0.2, 0.25) is 0 Å². The Morgan fingerprint density at radius 2 is 2.13 bits per heavy atom. The van der Waals surface area contributed by atoms with Crippen LogP contribution in [0.4, 0.5) is 5.95 Å². The van der Waals surface area contributed by atoms with Gasteiger partial charge in [-0.25, -0.2) is 9.97 Å². The molecule has 0 saturated carbocycles. The molecule has 0 aromatic carbocycles. The number of carbonyl (C=O) groups excluding carboxylic acids is 1. The van der Waals surface area contributed by atoms with E-state index in [1.165, 1.54) is 10.4 Å². The lowest BCUT2D eigenvalue weighted by Crippen LogP contribution is -2.40. The molecule has 2 aromatic rings. The summed E-state index contributed by atoms with van der Waals surface area (Å²) in [4.78, 5) is 27.2. The van der Waals surface area contributed by atoms with Crippen LogP contribution in [-0.2, 0) is 17.8 Å². The Bertz CT molecular complexity index is 712. The van der Waals surface area contributed by atoms with Crippen molar-refractivity contribution in [3.05, 3.63) is 39.8 Å². The van der Waals surface area contributed by atoms with Gasteiger partial charge >= 0.3 is 0 Å². The number of amides is 1. The largest absolute Gasteiger partial charge is 0.340 e. The van der Waals surface area contributed by atoms with E-state index in [0.29, 0.717) is 0 Å². The molecule has 0 bridgehead atoms. The smallest absolute Gasteiger partial charge is 0.227 e. The average Bonchev–Trinajstić information content (AvgIpc) is 3.23. The third kappa shape index (κ3) is 2.83. The molecule has 1 fully saturated rings. The topological polar surface area (TPSA) is 49.3 Å². The maximum atomic E-state index is 12.8. The molecule has 1 amide bonds. The lowest BCUT2D eigenvalue weighted by Gasteiger charge is -2.29. The van der Waals surface area contributed by atoms with Crippen molar-refractivity contribution < 1.29 is 4.79 Å². The molecule has 2 aromatic heterocycles. The monoisotopic (exact) mass is 328 g/mol. The van der Waals surface area contributed by atoms with Gasteiger partial charge in [0.15, 0.2) is 0 Å². The highest BCUT2D eigenvalue weighted by Crippen LogP contribution is 2.27. The van der Waals surface area contributed by atoms with E-state index in [1.54, 1.807) is 0 Å². The van der Waals surface area contributed by atoms with Crippen LogP contribution in [0.3, 0.4) is 0 Å². The van der Waals surface area contributed by atoms with Crippen molar-refractivity contribution in [2.45, 2.75) is 26.3 Å². The van der Waals surface area contributed by atoms with E-state index in [9.17, 15) is 4.79 Å². The first-order valence-electron chi connectivity index (χ1n) is 8.08. The predicted molar refractivity (Wildman–Crippen MR) is 90.5 cm³/mol. The van der Waals surface area contributed by atoms with Crippen LogP contribution in [0.15, 0.2) is 23.8 Å². The molecule has 0 radical (unpaired) electrons. The van der Waals surface area contributed by atoms with Crippen LogP contribution < -0.4 is 4.90 Å². The van der Waals surface area contributed by atoms with Crippen molar-refractivity contribution in [1.82, 2.24) is 14.9 Å². The third-order valence-electron chi connectivity index (χ3n) is 4.71. The molecular formula is C17H20N4OS. The van der Waals surface area contributed by atoms with E-state index >= 15 is 0 Å². The zero-order chi connectivity index (χ0) is 15.8. The van der Waals surface area contributed by atoms with Crippen LogP contribution >= 0.6 is 11.3 Å². The lowest BCUT2D eigenvalue weighted by atomic mass is 10.0. The van der Waals surface area contributed by atoms with Crippen molar-refractivity contribution in [2.24, 2.45) is 5.92 Å². The first-order chi connectivity index (χ1) is 11.2. The fraction of sp³-hybridized carbons (Fsp3) is 0.471. The number of fused-ring (bicyclic) bond motifs is 1. The summed E-state index contributed by atoms with van der Waals surface area (Å²) in [5.74, 6) is 1.10. The van der Waals surface area contributed by atoms with Gasteiger partial charge in [-0.1, -0.05) is 0 Å². The summed E-state index contributed by atoms with van der Waals surface area (Å²) in [6.07, 6.45) is 5.56. The molecule has 0 spiro atoms. The summed E-state index contributed by atoms with van der Waals surface area (Å²) in [6, 6.07) is 2.15. The first-order valence-corrected chi connectivity index (χ1v) is 8.96. The van der Waals surface area contributed by atoms with E-state index < -0.39 is 0 Å². The van der Waals surface area contributed by atoms with E-state index in [-0.39, 0.29) is 11.8 Å². The summed E-state index contributed by atoms with van der Waals surface area (Å²) >= 11 is 1.81. The highest BCUT2D eigenvalue weighted by molar-refractivity contribution is 7.10. The maximum Gasteiger partial charge on any atom is 0.227 e. The van der Waals surface area contributed by atoms with Crippen molar-refractivity contribution in [1.29, 1.82) is 0 Å². The summed E-state index contributed by atoms with van der Waals surface area (Å²) in [7, 11) is 0.